The van der Waals surface area contributed by atoms with Crippen molar-refractivity contribution in [3.8, 4) is 17.2 Å². The van der Waals surface area contributed by atoms with E-state index >= 15 is 0 Å². The number of hydrogen-bond acceptors (Lipinski definition) is 4. The smallest absolute Gasteiger partial charge is 0.488 e. The third kappa shape index (κ3) is 3.41. The molecule has 2 rings (SSSR count). The number of ether oxygens (including phenoxy) is 2. The van der Waals surface area contributed by atoms with Crippen LogP contribution in [0, 0.1) is 0 Å². The van der Waals surface area contributed by atoms with Crippen LogP contribution in [0.1, 0.15) is 0 Å². The lowest BCUT2D eigenvalue weighted by Crippen LogP contribution is -2.29. The van der Waals surface area contributed by atoms with E-state index in [1.54, 1.807) is 36.4 Å². The Bertz CT molecular complexity index is 574. The zero-order valence-corrected chi connectivity index (χ0v) is 11.0. The monoisotopic (exact) mass is 278 g/mol. The van der Waals surface area contributed by atoms with Gasteiger partial charge >= 0.3 is 7.12 Å². The Balaban J connectivity index is 2.29. The van der Waals surface area contributed by atoms with Crippen LogP contribution in [0.3, 0.4) is 0 Å². The second-order valence-electron chi connectivity index (χ2n) is 3.84. The van der Waals surface area contributed by atoms with Gasteiger partial charge in [0.25, 0.3) is 0 Å². The fourth-order valence-corrected chi connectivity index (χ4v) is 1.77. The van der Waals surface area contributed by atoms with E-state index in [9.17, 15) is 0 Å². The van der Waals surface area contributed by atoms with E-state index in [1.807, 2.05) is 0 Å². The summed E-state index contributed by atoms with van der Waals surface area (Å²) in [7, 11) is -0.0672. The first-order valence-electron chi connectivity index (χ1n) is 5.57. The molecule has 0 radical (unpaired) electrons. The molecule has 98 valence electrons. The molecule has 0 atom stereocenters. The molecule has 6 heteroatoms. The quantitative estimate of drug-likeness (QED) is 0.838. The minimum atomic E-state index is -1.55. The molecule has 0 spiro atoms. The van der Waals surface area contributed by atoms with E-state index in [2.05, 4.69) is 0 Å². The second-order valence-corrected chi connectivity index (χ2v) is 4.28. The summed E-state index contributed by atoms with van der Waals surface area (Å²) in [5.41, 5.74) is 0.329. The van der Waals surface area contributed by atoms with Gasteiger partial charge in [-0.2, -0.15) is 0 Å². The van der Waals surface area contributed by atoms with Gasteiger partial charge in [-0.05, 0) is 35.8 Å². The largest absolute Gasteiger partial charge is 0.493 e. The van der Waals surface area contributed by atoms with Gasteiger partial charge in [0.2, 0.25) is 0 Å². The van der Waals surface area contributed by atoms with Crippen LogP contribution in [0.5, 0.6) is 17.2 Å². The SMILES string of the molecule is COc1cc(B(O)O)ccc1Oc1cccc(Cl)c1. The zero-order chi connectivity index (χ0) is 13.8. The Kier molecular flexibility index (Phi) is 4.32. The first kappa shape index (κ1) is 13.7. The maximum Gasteiger partial charge on any atom is 0.488 e. The van der Waals surface area contributed by atoms with Crippen LogP contribution in [0.25, 0.3) is 0 Å². The van der Waals surface area contributed by atoms with E-state index in [0.717, 1.165) is 0 Å². The van der Waals surface area contributed by atoms with E-state index in [1.165, 1.54) is 13.2 Å². The highest BCUT2D eigenvalue weighted by atomic mass is 35.5. The molecule has 2 N–H and O–H groups in total. The average Bonchev–Trinajstić information content (AvgIpc) is 2.39. The summed E-state index contributed by atoms with van der Waals surface area (Å²) in [4.78, 5) is 0. The Morgan fingerprint density at radius 3 is 2.47 bits per heavy atom. The van der Waals surface area contributed by atoms with Crippen molar-refractivity contribution < 1.29 is 19.5 Å². The van der Waals surface area contributed by atoms with Crippen molar-refractivity contribution in [2.45, 2.75) is 0 Å². The Labute approximate surface area is 116 Å². The van der Waals surface area contributed by atoms with Crippen molar-refractivity contribution in [3.63, 3.8) is 0 Å². The molecule has 0 bridgehead atoms. The van der Waals surface area contributed by atoms with E-state index in [-0.39, 0.29) is 0 Å². The normalized spacial score (nSPS) is 10.1. The third-order valence-corrected chi connectivity index (χ3v) is 2.74. The van der Waals surface area contributed by atoms with E-state index in [0.29, 0.717) is 27.7 Å². The van der Waals surface area contributed by atoms with Gasteiger partial charge in [0.05, 0.1) is 7.11 Å². The second kappa shape index (κ2) is 5.97. The molecule has 2 aromatic rings. The molecule has 0 unspecified atom stereocenters. The molecule has 4 nitrogen and oxygen atoms in total. The highest BCUT2D eigenvalue weighted by Gasteiger charge is 2.15. The molecule has 0 amide bonds. The van der Waals surface area contributed by atoms with Crippen LogP contribution >= 0.6 is 11.6 Å². The molecule has 0 aliphatic rings. The van der Waals surface area contributed by atoms with E-state index in [4.69, 9.17) is 31.1 Å². The van der Waals surface area contributed by atoms with Gasteiger partial charge in [-0.25, -0.2) is 0 Å². The number of rotatable bonds is 4. The topological polar surface area (TPSA) is 58.9 Å². The first-order valence-corrected chi connectivity index (χ1v) is 5.95. The van der Waals surface area contributed by atoms with Crippen LogP contribution < -0.4 is 14.9 Å². The van der Waals surface area contributed by atoms with Gasteiger partial charge in [0.1, 0.15) is 5.75 Å². The van der Waals surface area contributed by atoms with Crippen LogP contribution in [0.4, 0.5) is 0 Å². The average molecular weight is 278 g/mol. The summed E-state index contributed by atoms with van der Waals surface area (Å²) in [6, 6.07) is 11.6. The molecular weight excluding hydrogens is 266 g/mol. The van der Waals surface area contributed by atoms with Crippen molar-refractivity contribution in [2.75, 3.05) is 7.11 Å². The number of halogens is 1. The molecule has 0 aliphatic heterocycles. The minimum Gasteiger partial charge on any atom is -0.493 e. The fourth-order valence-electron chi connectivity index (χ4n) is 1.59. The molecule has 0 heterocycles. The number of benzene rings is 2. The standard InChI is InChI=1S/C13H12BClO4/c1-18-13-7-9(14(16)17)5-6-12(13)19-11-4-2-3-10(15)8-11/h2-8,16-17H,1H3. The van der Waals surface area contributed by atoms with Gasteiger partial charge in [-0.3, -0.25) is 0 Å². The minimum absolute atomic E-state index is 0.329. The van der Waals surface area contributed by atoms with E-state index < -0.39 is 7.12 Å². The van der Waals surface area contributed by atoms with Gasteiger partial charge in [0.15, 0.2) is 11.5 Å². The van der Waals surface area contributed by atoms with Crippen LogP contribution in [-0.2, 0) is 0 Å². The maximum atomic E-state index is 9.10. The maximum absolute atomic E-state index is 9.10. The Hall–Kier alpha value is -1.69. The van der Waals surface area contributed by atoms with Gasteiger partial charge in [0, 0.05) is 5.02 Å². The lowest BCUT2D eigenvalue weighted by molar-refractivity contribution is 0.378. The Morgan fingerprint density at radius 2 is 1.84 bits per heavy atom. The van der Waals surface area contributed by atoms with Crippen molar-refractivity contribution in [1.82, 2.24) is 0 Å². The summed E-state index contributed by atoms with van der Waals surface area (Å²) < 4.78 is 10.8. The Morgan fingerprint density at radius 1 is 1.05 bits per heavy atom. The van der Waals surface area contributed by atoms with Gasteiger partial charge < -0.3 is 19.5 Å². The van der Waals surface area contributed by atoms with Crippen molar-refractivity contribution in [1.29, 1.82) is 0 Å². The van der Waals surface area contributed by atoms with Crippen LogP contribution in [-0.4, -0.2) is 24.3 Å². The highest BCUT2D eigenvalue weighted by molar-refractivity contribution is 6.58. The molecule has 0 aromatic heterocycles. The lowest BCUT2D eigenvalue weighted by atomic mass is 9.80. The zero-order valence-electron chi connectivity index (χ0n) is 10.2. The fraction of sp³-hybridized carbons (Fsp3) is 0.0769. The van der Waals surface area contributed by atoms with Crippen molar-refractivity contribution in [3.05, 3.63) is 47.5 Å². The summed E-state index contributed by atoms with van der Waals surface area (Å²) in [5, 5.41) is 18.8. The first-order chi connectivity index (χ1) is 9.10. The summed E-state index contributed by atoms with van der Waals surface area (Å²) in [6.07, 6.45) is 0. The highest BCUT2D eigenvalue weighted by Crippen LogP contribution is 2.31. The summed E-state index contributed by atoms with van der Waals surface area (Å²) in [5.74, 6) is 1.45. The van der Waals surface area contributed by atoms with Gasteiger partial charge in [-0.15, -0.1) is 0 Å². The van der Waals surface area contributed by atoms with Crippen LogP contribution in [0.15, 0.2) is 42.5 Å². The summed E-state index contributed by atoms with van der Waals surface area (Å²) in [6.45, 7) is 0. The molecule has 19 heavy (non-hydrogen) atoms. The summed E-state index contributed by atoms with van der Waals surface area (Å²) >= 11 is 5.87. The van der Waals surface area contributed by atoms with Gasteiger partial charge in [-0.1, -0.05) is 23.7 Å². The third-order valence-electron chi connectivity index (χ3n) is 2.51. The predicted octanol–water partition coefficient (Wildman–Crippen LogP) is 1.82. The number of methoxy groups -OCH3 is 1. The molecule has 0 aliphatic carbocycles. The van der Waals surface area contributed by atoms with Crippen LogP contribution in [0.2, 0.25) is 5.02 Å². The molecular formula is C13H12BClO4. The molecule has 0 fully saturated rings. The molecule has 0 saturated carbocycles. The molecule has 0 saturated heterocycles. The van der Waals surface area contributed by atoms with Crippen molar-refractivity contribution >= 4 is 24.2 Å². The lowest BCUT2D eigenvalue weighted by Gasteiger charge is -2.12. The predicted molar refractivity (Wildman–Crippen MR) is 74.3 cm³/mol. The number of hydrogen-bond donors (Lipinski definition) is 2. The van der Waals surface area contributed by atoms with Crippen molar-refractivity contribution in [2.24, 2.45) is 0 Å². The molecule has 2 aromatic carbocycles.